The van der Waals surface area contributed by atoms with Gasteiger partial charge in [-0.15, -0.1) is 0 Å². The molecule has 0 radical (unpaired) electrons. The van der Waals surface area contributed by atoms with Crippen molar-refractivity contribution in [2.45, 2.75) is 37.8 Å². The number of fused-ring (bicyclic) bond motifs is 1. The molecule has 1 atom stereocenters. The molecule has 3 aromatic rings. The number of aromatic carboxylic acids is 2. The van der Waals surface area contributed by atoms with E-state index in [1.165, 1.54) is 37.8 Å². The number of pyridine rings is 2. The summed E-state index contributed by atoms with van der Waals surface area (Å²) in [5.41, 5.74) is -0.107. The smallest absolute Gasteiger partial charge is 0.341 e. The molecule has 2 aliphatic rings. The first-order valence-corrected chi connectivity index (χ1v) is 12.0. The topological polar surface area (TPSA) is 137 Å². The first-order valence-electron chi connectivity index (χ1n) is 12.0. The van der Waals surface area contributed by atoms with Crippen molar-refractivity contribution in [3.05, 3.63) is 64.0 Å². The number of benzene rings is 1. The van der Waals surface area contributed by atoms with Gasteiger partial charge in [-0.25, -0.2) is 9.18 Å². The maximum absolute atomic E-state index is 15.2. The van der Waals surface area contributed by atoms with Crippen LogP contribution in [0.25, 0.3) is 10.9 Å². The van der Waals surface area contributed by atoms with Crippen molar-refractivity contribution < 1.29 is 28.9 Å². The number of aromatic nitrogens is 2. The van der Waals surface area contributed by atoms with E-state index in [0.717, 1.165) is 25.7 Å². The molecule has 1 saturated heterocycles. The minimum Gasteiger partial charge on any atom is -0.545 e. The van der Waals surface area contributed by atoms with Crippen molar-refractivity contribution in [3.8, 4) is 5.75 Å². The van der Waals surface area contributed by atoms with Gasteiger partial charge in [-0.3, -0.25) is 9.78 Å². The van der Waals surface area contributed by atoms with Crippen molar-refractivity contribution >= 4 is 28.5 Å². The SMILES string of the molecule is CNC1CCCN(c2c(F)cc3c(=O)c(C(=O)O)cn(C4CC4)c3c2OC)C1.O=C([O-])c1cccnc1. The monoisotopic (exact) mass is 511 g/mol. The number of carbonyl (C=O) groups excluding carboxylic acids is 1. The van der Waals surface area contributed by atoms with Crippen molar-refractivity contribution in [2.75, 3.05) is 32.1 Å². The fourth-order valence-corrected chi connectivity index (χ4v) is 4.62. The average molecular weight is 512 g/mol. The predicted octanol–water partition coefficient (Wildman–Crippen LogP) is 1.82. The number of carboxylic acids is 2. The molecule has 1 aromatic carbocycles. The number of halogens is 1. The summed E-state index contributed by atoms with van der Waals surface area (Å²) < 4.78 is 22.6. The van der Waals surface area contributed by atoms with Gasteiger partial charge in [0.2, 0.25) is 5.43 Å². The van der Waals surface area contributed by atoms with Gasteiger partial charge in [0, 0.05) is 49.3 Å². The van der Waals surface area contributed by atoms with Crippen LogP contribution < -0.4 is 25.5 Å². The second-order valence-electron chi connectivity index (χ2n) is 9.05. The van der Waals surface area contributed by atoms with Crippen LogP contribution in [0.5, 0.6) is 5.75 Å². The van der Waals surface area contributed by atoms with Crippen LogP contribution in [0.15, 0.2) is 41.6 Å². The van der Waals surface area contributed by atoms with Gasteiger partial charge in [-0.05, 0) is 44.9 Å². The van der Waals surface area contributed by atoms with Crippen molar-refractivity contribution in [2.24, 2.45) is 0 Å². The van der Waals surface area contributed by atoms with Gasteiger partial charge in [0.05, 0.1) is 24.0 Å². The highest BCUT2D eigenvalue weighted by atomic mass is 19.1. The van der Waals surface area contributed by atoms with E-state index in [-0.39, 0.29) is 28.6 Å². The van der Waals surface area contributed by atoms with Crippen LogP contribution in [0.4, 0.5) is 10.1 Å². The van der Waals surface area contributed by atoms with Gasteiger partial charge >= 0.3 is 5.97 Å². The Morgan fingerprint density at radius 3 is 2.59 bits per heavy atom. The molecule has 1 saturated carbocycles. The second kappa shape index (κ2) is 11.0. The maximum atomic E-state index is 15.2. The van der Waals surface area contributed by atoms with E-state index in [9.17, 15) is 24.6 Å². The van der Waals surface area contributed by atoms with Gasteiger partial charge in [-0.2, -0.15) is 0 Å². The van der Waals surface area contributed by atoms with Gasteiger partial charge in [0.25, 0.3) is 0 Å². The Morgan fingerprint density at radius 1 is 1.30 bits per heavy atom. The van der Waals surface area contributed by atoms with E-state index < -0.39 is 23.2 Å². The number of hydrogen-bond acceptors (Lipinski definition) is 8. The molecule has 37 heavy (non-hydrogen) atoms. The molecular weight excluding hydrogens is 483 g/mol. The van der Waals surface area contributed by atoms with Crippen molar-refractivity contribution in [1.82, 2.24) is 14.9 Å². The molecular formula is C26H28FN4O6-. The molecule has 0 amide bonds. The molecule has 3 heterocycles. The number of methoxy groups -OCH3 is 1. The molecule has 5 rings (SSSR count). The molecule has 2 aromatic heterocycles. The number of hydrogen-bond donors (Lipinski definition) is 2. The number of anilines is 1. The quantitative estimate of drug-likeness (QED) is 0.508. The number of piperidine rings is 1. The predicted molar refractivity (Wildman–Crippen MR) is 133 cm³/mol. The van der Waals surface area contributed by atoms with E-state index in [0.29, 0.717) is 30.0 Å². The number of likely N-dealkylation sites (N-methyl/N-ethyl adjacent to an activating group) is 1. The Hall–Kier alpha value is -3.99. The molecule has 11 heteroatoms. The third kappa shape index (κ3) is 5.41. The van der Waals surface area contributed by atoms with Crippen LogP contribution in [0, 0.1) is 5.82 Å². The first kappa shape index (κ1) is 26.1. The average Bonchev–Trinajstić information content (AvgIpc) is 3.74. The first-order chi connectivity index (χ1) is 17.8. The van der Waals surface area contributed by atoms with E-state index in [1.54, 1.807) is 10.6 Å². The highest BCUT2D eigenvalue weighted by Crippen LogP contribution is 2.44. The lowest BCUT2D eigenvalue weighted by atomic mass is 10.0. The summed E-state index contributed by atoms with van der Waals surface area (Å²) in [4.78, 5) is 39.8. The highest BCUT2D eigenvalue weighted by molar-refractivity contribution is 5.97. The van der Waals surface area contributed by atoms with E-state index in [1.807, 2.05) is 11.9 Å². The van der Waals surface area contributed by atoms with E-state index in [2.05, 4.69) is 10.3 Å². The largest absolute Gasteiger partial charge is 0.545 e. The number of rotatable bonds is 6. The zero-order valence-corrected chi connectivity index (χ0v) is 20.6. The second-order valence-corrected chi connectivity index (χ2v) is 9.05. The van der Waals surface area contributed by atoms with Crippen LogP contribution in [0.3, 0.4) is 0 Å². The van der Waals surface area contributed by atoms with Crippen molar-refractivity contribution in [3.63, 3.8) is 0 Å². The summed E-state index contributed by atoms with van der Waals surface area (Å²) in [7, 11) is 3.35. The lowest BCUT2D eigenvalue weighted by molar-refractivity contribution is -0.255. The number of ether oxygens (including phenoxy) is 1. The molecule has 1 unspecified atom stereocenters. The molecule has 2 N–H and O–H groups in total. The highest BCUT2D eigenvalue weighted by Gasteiger charge is 2.32. The molecule has 2 fully saturated rings. The molecule has 0 spiro atoms. The number of carbonyl (C=O) groups is 2. The molecule has 10 nitrogen and oxygen atoms in total. The van der Waals surface area contributed by atoms with Gasteiger partial charge in [0.15, 0.2) is 11.6 Å². The standard InChI is InChI=1S/C20H24FN3O4.C6H5NO2/c1-22-11-4-3-7-23(9-11)17-15(21)8-13-16(19(17)28-2)24(12-5-6-12)10-14(18(13)25)20(26)27;8-6(9)5-2-1-3-7-4-5/h8,10-12,22H,3-7,9H2,1-2H3,(H,26,27);1-4H,(H,8,9)/p-1. The van der Waals surface area contributed by atoms with E-state index >= 15 is 4.39 Å². The zero-order chi connectivity index (χ0) is 26.7. The minimum atomic E-state index is -1.31. The zero-order valence-electron chi connectivity index (χ0n) is 20.6. The Labute approximate surface area is 212 Å². The molecule has 196 valence electrons. The summed E-state index contributed by atoms with van der Waals surface area (Å²) >= 11 is 0. The number of nitrogens with zero attached hydrogens (tertiary/aromatic N) is 3. The number of carboxylic acid groups (broad SMARTS) is 2. The van der Waals surface area contributed by atoms with Crippen molar-refractivity contribution in [1.29, 1.82) is 0 Å². The molecule has 0 bridgehead atoms. The van der Waals surface area contributed by atoms with Crippen LogP contribution in [0.1, 0.15) is 52.4 Å². The van der Waals surface area contributed by atoms with Crippen LogP contribution in [-0.4, -0.2) is 59.9 Å². The summed E-state index contributed by atoms with van der Waals surface area (Å²) in [6.07, 6.45) is 7.83. The van der Waals surface area contributed by atoms with E-state index in [4.69, 9.17) is 4.74 Å². The van der Waals surface area contributed by atoms with Crippen LogP contribution >= 0.6 is 0 Å². The maximum Gasteiger partial charge on any atom is 0.341 e. The molecule has 1 aliphatic heterocycles. The summed E-state index contributed by atoms with van der Waals surface area (Å²) in [6, 6.07) is 4.49. The third-order valence-corrected chi connectivity index (χ3v) is 6.62. The lowest BCUT2D eigenvalue weighted by Crippen LogP contribution is -2.45. The fraction of sp³-hybridized carbons (Fsp3) is 0.385. The Balaban J connectivity index is 0.000000301. The van der Waals surface area contributed by atoms with Crippen LogP contribution in [-0.2, 0) is 0 Å². The Kier molecular flexibility index (Phi) is 7.72. The molecule has 1 aliphatic carbocycles. The normalized spacial score (nSPS) is 17.2. The van der Waals surface area contributed by atoms with Gasteiger partial charge in [0.1, 0.15) is 11.3 Å². The Morgan fingerprint density at radius 2 is 2.05 bits per heavy atom. The Bertz CT molecular complexity index is 1370. The lowest BCUT2D eigenvalue weighted by Gasteiger charge is -2.35. The summed E-state index contributed by atoms with van der Waals surface area (Å²) in [5, 5.41) is 22.7. The van der Waals surface area contributed by atoms with Gasteiger partial charge < -0.3 is 34.5 Å². The van der Waals surface area contributed by atoms with Crippen LogP contribution in [0.2, 0.25) is 0 Å². The van der Waals surface area contributed by atoms with Gasteiger partial charge in [-0.1, -0.05) is 6.07 Å². The minimum absolute atomic E-state index is 0.0482. The summed E-state index contributed by atoms with van der Waals surface area (Å²) in [5.74, 6) is -2.77. The fourth-order valence-electron chi connectivity index (χ4n) is 4.62. The summed E-state index contributed by atoms with van der Waals surface area (Å²) in [6.45, 7) is 1.33. The third-order valence-electron chi connectivity index (χ3n) is 6.62. The number of nitrogens with one attached hydrogen (secondary N) is 1.